The van der Waals surface area contributed by atoms with Gasteiger partial charge in [0.2, 0.25) is 0 Å². The summed E-state index contributed by atoms with van der Waals surface area (Å²) in [6.45, 7) is 0.882. The molecule has 19 heavy (non-hydrogen) atoms. The maximum absolute atomic E-state index is 8.84. The van der Waals surface area contributed by atoms with Crippen molar-refractivity contribution in [2.45, 2.75) is 11.3 Å². The number of hydrogen-bond acceptors (Lipinski definition) is 3. The second kappa shape index (κ2) is 7.87. The average molecular weight is 274 g/mol. The molecule has 0 heterocycles. The molecule has 0 aliphatic carbocycles. The van der Waals surface area contributed by atoms with Gasteiger partial charge in [0.05, 0.1) is 6.61 Å². The standard InChI is InChI=1S/C16H18O2S/c17-11-10-14-6-8-15(9-7-14)18-12-13-19-16-4-2-1-3-5-16/h1-9,17H,10-13H2. The Balaban J connectivity index is 1.70. The topological polar surface area (TPSA) is 29.5 Å². The molecular formula is C16H18O2S. The molecule has 0 amide bonds. The highest BCUT2D eigenvalue weighted by atomic mass is 32.2. The molecule has 100 valence electrons. The molecule has 0 saturated heterocycles. The first-order valence-corrected chi connectivity index (χ1v) is 7.37. The van der Waals surface area contributed by atoms with Gasteiger partial charge in [-0.25, -0.2) is 0 Å². The van der Waals surface area contributed by atoms with Gasteiger partial charge in [0, 0.05) is 17.3 Å². The van der Waals surface area contributed by atoms with Crippen LogP contribution in [0.4, 0.5) is 0 Å². The van der Waals surface area contributed by atoms with Crippen LogP contribution in [0.15, 0.2) is 59.5 Å². The van der Waals surface area contributed by atoms with Gasteiger partial charge in [0.15, 0.2) is 0 Å². The van der Waals surface area contributed by atoms with Gasteiger partial charge >= 0.3 is 0 Å². The van der Waals surface area contributed by atoms with Gasteiger partial charge < -0.3 is 9.84 Å². The summed E-state index contributed by atoms with van der Waals surface area (Å²) in [6, 6.07) is 18.2. The molecule has 0 aliphatic rings. The molecule has 2 aromatic carbocycles. The fraction of sp³-hybridized carbons (Fsp3) is 0.250. The molecule has 0 radical (unpaired) electrons. The SMILES string of the molecule is OCCc1ccc(OCCSc2ccccc2)cc1. The summed E-state index contributed by atoms with van der Waals surface area (Å²) in [5, 5.41) is 8.84. The summed E-state index contributed by atoms with van der Waals surface area (Å²) in [5.41, 5.74) is 1.13. The lowest BCUT2D eigenvalue weighted by molar-refractivity contribution is 0.299. The molecule has 0 fully saturated rings. The van der Waals surface area contributed by atoms with E-state index in [-0.39, 0.29) is 6.61 Å². The lowest BCUT2D eigenvalue weighted by Gasteiger charge is -2.07. The molecule has 0 aromatic heterocycles. The second-order valence-electron chi connectivity index (χ2n) is 4.13. The van der Waals surface area contributed by atoms with Gasteiger partial charge in [0.1, 0.15) is 5.75 Å². The Morgan fingerprint density at radius 3 is 2.37 bits per heavy atom. The van der Waals surface area contributed by atoms with E-state index in [1.807, 2.05) is 42.5 Å². The molecule has 0 bridgehead atoms. The van der Waals surface area contributed by atoms with Crippen molar-refractivity contribution >= 4 is 11.8 Å². The van der Waals surface area contributed by atoms with Gasteiger partial charge in [-0.1, -0.05) is 30.3 Å². The van der Waals surface area contributed by atoms with E-state index in [0.29, 0.717) is 13.0 Å². The summed E-state index contributed by atoms with van der Waals surface area (Å²) in [5.74, 6) is 1.82. The minimum Gasteiger partial charge on any atom is -0.493 e. The lowest BCUT2D eigenvalue weighted by atomic mass is 10.1. The molecule has 1 N–H and O–H groups in total. The number of rotatable bonds is 7. The van der Waals surface area contributed by atoms with Crippen molar-refractivity contribution in [2.24, 2.45) is 0 Å². The molecule has 0 spiro atoms. The lowest BCUT2D eigenvalue weighted by Crippen LogP contribution is -2.00. The van der Waals surface area contributed by atoms with Crippen LogP contribution in [0.1, 0.15) is 5.56 Å². The highest BCUT2D eigenvalue weighted by molar-refractivity contribution is 7.99. The average Bonchev–Trinajstić information content (AvgIpc) is 2.47. The van der Waals surface area contributed by atoms with E-state index in [0.717, 1.165) is 17.1 Å². The molecule has 0 atom stereocenters. The highest BCUT2D eigenvalue weighted by Gasteiger charge is 1.96. The zero-order chi connectivity index (χ0) is 13.3. The summed E-state index contributed by atoms with van der Waals surface area (Å²) in [6.07, 6.45) is 0.699. The van der Waals surface area contributed by atoms with Crippen molar-refractivity contribution in [1.29, 1.82) is 0 Å². The summed E-state index contributed by atoms with van der Waals surface area (Å²) >= 11 is 1.79. The third kappa shape index (κ3) is 4.97. The van der Waals surface area contributed by atoms with Crippen LogP contribution >= 0.6 is 11.8 Å². The summed E-state index contributed by atoms with van der Waals surface area (Å²) in [7, 11) is 0. The van der Waals surface area contributed by atoms with Crippen LogP contribution in [-0.2, 0) is 6.42 Å². The maximum Gasteiger partial charge on any atom is 0.119 e. The van der Waals surface area contributed by atoms with Crippen LogP contribution < -0.4 is 4.74 Å². The summed E-state index contributed by atoms with van der Waals surface area (Å²) < 4.78 is 5.68. The molecule has 2 aromatic rings. The van der Waals surface area contributed by atoms with Crippen LogP contribution in [0.25, 0.3) is 0 Å². The monoisotopic (exact) mass is 274 g/mol. The van der Waals surface area contributed by atoms with Gasteiger partial charge in [0.25, 0.3) is 0 Å². The fourth-order valence-corrected chi connectivity index (χ4v) is 2.47. The van der Waals surface area contributed by atoms with Crippen molar-refractivity contribution in [1.82, 2.24) is 0 Å². The van der Waals surface area contributed by atoms with Crippen LogP contribution in [0.5, 0.6) is 5.75 Å². The minimum atomic E-state index is 0.188. The molecule has 0 aliphatic heterocycles. The number of aliphatic hydroxyl groups is 1. The number of thioether (sulfide) groups is 1. The maximum atomic E-state index is 8.84. The quantitative estimate of drug-likeness (QED) is 0.620. The van der Waals surface area contributed by atoms with E-state index in [1.165, 1.54) is 4.90 Å². The first-order valence-electron chi connectivity index (χ1n) is 6.39. The van der Waals surface area contributed by atoms with Crippen molar-refractivity contribution in [3.63, 3.8) is 0 Å². The molecule has 0 unspecified atom stereocenters. The Morgan fingerprint density at radius 2 is 1.68 bits per heavy atom. The first kappa shape index (κ1) is 14.0. The van der Waals surface area contributed by atoms with E-state index < -0.39 is 0 Å². The van der Waals surface area contributed by atoms with Crippen LogP contribution in [0, 0.1) is 0 Å². The first-order chi connectivity index (χ1) is 9.38. The van der Waals surface area contributed by atoms with Gasteiger partial charge in [-0.05, 0) is 36.2 Å². The van der Waals surface area contributed by atoms with Gasteiger partial charge in [-0.15, -0.1) is 11.8 Å². The Morgan fingerprint density at radius 1 is 0.947 bits per heavy atom. The number of hydrogen-bond donors (Lipinski definition) is 1. The van der Waals surface area contributed by atoms with Gasteiger partial charge in [-0.2, -0.15) is 0 Å². The zero-order valence-corrected chi connectivity index (χ0v) is 11.6. The smallest absolute Gasteiger partial charge is 0.119 e. The number of aliphatic hydroxyl groups excluding tert-OH is 1. The van der Waals surface area contributed by atoms with Crippen LogP contribution in [-0.4, -0.2) is 24.1 Å². The largest absolute Gasteiger partial charge is 0.493 e. The number of ether oxygens (including phenoxy) is 1. The van der Waals surface area contributed by atoms with Crippen LogP contribution in [0.3, 0.4) is 0 Å². The normalized spacial score (nSPS) is 10.4. The predicted molar refractivity (Wildman–Crippen MR) is 79.9 cm³/mol. The Kier molecular flexibility index (Phi) is 5.79. The zero-order valence-electron chi connectivity index (χ0n) is 10.8. The minimum absolute atomic E-state index is 0.188. The van der Waals surface area contributed by atoms with E-state index in [2.05, 4.69) is 12.1 Å². The fourth-order valence-electron chi connectivity index (χ4n) is 1.72. The predicted octanol–water partition coefficient (Wildman–Crippen LogP) is 3.39. The van der Waals surface area contributed by atoms with Crippen molar-refractivity contribution in [3.05, 3.63) is 60.2 Å². The Hall–Kier alpha value is -1.45. The van der Waals surface area contributed by atoms with E-state index in [1.54, 1.807) is 11.8 Å². The molecule has 2 rings (SSSR count). The molecule has 3 heteroatoms. The Bertz CT molecular complexity index is 468. The molecule has 2 nitrogen and oxygen atoms in total. The van der Waals surface area contributed by atoms with E-state index in [4.69, 9.17) is 9.84 Å². The van der Waals surface area contributed by atoms with Crippen molar-refractivity contribution in [2.75, 3.05) is 19.0 Å². The van der Waals surface area contributed by atoms with Crippen molar-refractivity contribution < 1.29 is 9.84 Å². The molecule has 0 saturated carbocycles. The highest BCUT2D eigenvalue weighted by Crippen LogP contribution is 2.18. The van der Waals surface area contributed by atoms with Gasteiger partial charge in [-0.3, -0.25) is 0 Å². The summed E-state index contributed by atoms with van der Waals surface area (Å²) in [4.78, 5) is 1.27. The van der Waals surface area contributed by atoms with Crippen molar-refractivity contribution in [3.8, 4) is 5.75 Å². The Labute approximate surface area is 118 Å². The van der Waals surface area contributed by atoms with E-state index in [9.17, 15) is 0 Å². The number of benzene rings is 2. The second-order valence-corrected chi connectivity index (χ2v) is 5.30. The third-order valence-electron chi connectivity index (χ3n) is 2.69. The molecular weight excluding hydrogens is 256 g/mol. The van der Waals surface area contributed by atoms with Crippen LogP contribution in [0.2, 0.25) is 0 Å². The van der Waals surface area contributed by atoms with E-state index >= 15 is 0 Å². The third-order valence-corrected chi connectivity index (χ3v) is 3.66.